The molecule has 1 saturated heterocycles. The van der Waals surface area contributed by atoms with E-state index in [1.807, 2.05) is 17.9 Å². The predicted molar refractivity (Wildman–Crippen MR) is 98.9 cm³/mol. The van der Waals surface area contributed by atoms with Crippen LogP contribution in [0.1, 0.15) is 28.9 Å². The lowest BCUT2D eigenvalue weighted by molar-refractivity contribution is 0.0714. The van der Waals surface area contributed by atoms with E-state index in [1.54, 1.807) is 38.7 Å². The van der Waals surface area contributed by atoms with E-state index in [-0.39, 0.29) is 5.91 Å². The summed E-state index contributed by atoms with van der Waals surface area (Å²) in [6.07, 6.45) is 3.29. The van der Waals surface area contributed by atoms with Gasteiger partial charge in [0.25, 0.3) is 5.91 Å². The van der Waals surface area contributed by atoms with Crippen LogP contribution in [-0.4, -0.2) is 54.1 Å². The van der Waals surface area contributed by atoms with E-state index in [4.69, 9.17) is 9.47 Å². The molecule has 1 fully saturated rings. The predicted octanol–water partition coefficient (Wildman–Crippen LogP) is 2.52. The Bertz CT molecular complexity index is 773. The van der Waals surface area contributed by atoms with Crippen LogP contribution in [-0.2, 0) is 0 Å². The number of para-hydroxylation sites is 1. The fraction of sp³-hybridized carbons (Fsp3) is 0.421. The van der Waals surface area contributed by atoms with Crippen molar-refractivity contribution < 1.29 is 14.3 Å². The Hall–Kier alpha value is -2.83. The Balaban J connectivity index is 1.64. The molecule has 7 heteroatoms. The van der Waals surface area contributed by atoms with Gasteiger partial charge in [-0.2, -0.15) is 0 Å². The van der Waals surface area contributed by atoms with Crippen molar-refractivity contribution >= 4 is 11.7 Å². The van der Waals surface area contributed by atoms with E-state index in [1.165, 1.54) is 0 Å². The molecule has 1 aliphatic rings. The van der Waals surface area contributed by atoms with Crippen molar-refractivity contribution in [1.82, 2.24) is 14.9 Å². The van der Waals surface area contributed by atoms with Crippen molar-refractivity contribution in [1.29, 1.82) is 0 Å². The molecule has 0 radical (unpaired) electrons. The molecular formula is C19H24N4O3. The zero-order valence-corrected chi connectivity index (χ0v) is 15.4. The second-order valence-electron chi connectivity index (χ2n) is 6.30. The van der Waals surface area contributed by atoms with Gasteiger partial charge < -0.3 is 19.7 Å². The molecule has 0 unspecified atom stereocenters. The molecule has 7 nitrogen and oxygen atoms in total. The number of carbonyl (C=O) groups excluding carboxylic acids is 1. The van der Waals surface area contributed by atoms with Crippen LogP contribution in [0.2, 0.25) is 0 Å². The Labute approximate surface area is 153 Å². The molecule has 1 aromatic heterocycles. The smallest absolute Gasteiger partial charge is 0.257 e. The van der Waals surface area contributed by atoms with Crippen molar-refractivity contribution in [2.75, 3.05) is 32.6 Å². The monoisotopic (exact) mass is 356 g/mol. The van der Waals surface area contributed by atoms with Crippen LogP contribution in [0.5, 0.6) is 11.5 Å². The van der Waals surface area contributed by atoms with E-state index in [9.17, 15) is 4.79 Å². The van der Waals surface area contributed by atoms with Crippen LogP contribution in [0.3, 0.4) is 0 Å². The third kappa shape index (κ3) is 3.87. The second-order valence-corrected chi connectivity index (χ2v) is 6.30. The third-order valence-electron chi connectivity index (χ3n) is 4.57. The van der Waals surface area contributed by atoms with Crippen molar-refractivity contribution in [3.8, 4) is 11.5 Å². The lowest BCUT2D eigenvalue weighted by Gasteiger charge is -2.33. The lowest BCUT2D eigenvalue weighted by atomic mass is 10.0. The maximum atomic E-state index is 12.9. The average molecular weight is 356 g/mol. The minimum atomic E-state index is -0.0305. The number of aromatic nitrogens is 2. The first kappa shape index (κ1) is 18.0. The highest BCUT2D eigenvalue weighted by Gasteiger charge is 2.26. The largest absolute Gasteiger partial charge is 0.493 e. The minimum absolute atomic E-state index is 0.0305. The molecule has 3 rings (SSSR count). The van der Waals surface area contributed by atoms with E-state index in [0.717, 1.165) is 24.4 Å². The normalized spacial score (nSPS) is 14.8. The Morgan fingerprint density at radius 2 is 1.96 bits per heavy atom. The number of ether oxygens (including phenoxy) is 2. The summed E-state index contributed by atoms with van der Waals surface area (Å²) in [6, 6.07) is 7.59. The number of likely N-dealkylation sites (tertiary alicyclic amines) is 1. The zero-order valence-electron chi connectivity index (χ0n) is 15.4. The highest BCUT2D eigenvalue weighted by molar-refractivity contribution is 5.97. The zero-order chi connectivity index (χ0) is 18.5. The number of carbonyl (C=O) groups is 1. The molecule has 1 N–H and O–H groups in total. The molecule has 138 valence electrons. The molecule has 0 saturated carbocycles. The molecule has 0 spiro atoms. The standard InChI is InChI=1S/C19H24N4O3/c1-13-11-17(21-12-20-13)22-14-7-9-23(10-8-14)19(24)15-5-4-6-16(25-2)18(15)26-3/h4-6,11-12,14H,7-10H2,1-3H3,(H,20,21,22). The van der Waals surface area contributed by atoms with Crippen LogP contribution in [0.15, 0.2) is 30.6 Å². The quantitative estimate of drug-likeness (QED) is 0.887. The topological polar surface area (TPSA) is 76.6 Å². The number of nitrogens with zero attached hydrogens (tertiary/aromatic N) is 3. The maximum absolute atomic E-state index is 12.9. The van der Waals surface area contributed by atoms with Crippen LogP contribution >= 0.6 is 0 Å². The molecule has 1 amide bonds. The number of anilines is 1. The highest BCUT2D eigenvalue weighted by Crippen LogP contribution is 2.32. The Morgan fingerprint density at radius 1 is 1.19 bits per heavy atom. The fourth-order valence-corrected chi connectivity index (χ4v) is 3.20. The van der Waals surface area contributed by atoms with Gasteiger partial charge in [0.15, 0.2) is 11.5 Å². The Morgan fingerprint density at radius 3 is 2.62 bits per heavy atom. The van der Waals surface area contributed by atoms with Gasteiger partial charge in [-0.25, -0.2) is 9.97 Å². The molecule has 0 aliphatic carbocycles. The summed E-state index contributed by atoms with van der Waals surface area (Å²) in [5, 5.41) is 3.43. The number of hydrogen-bond donors (Lipinski definition) is 1. The molecular weight excluding hydrogens is 332 g/mol. The van der Waals surface area contributed by atoms with E-state index < -0.39 is 0 Å². The van der Waals surface area contributed by atoms with Crippen molar-refractivity contribution in [3.63, 3.8) is 0 Å². The summed E-state index contributed by atoms with van der Waals surface area (Å²) in [5.74, 6) is 1.85. The molecule has 0 bridgehead atoms. The maximum Gasteiger partial charge on any atom is 0.257 e. The fourth-order valence-electron chi connectivity index (χ4n) is 3.20. The van der Waals surface area contributed by atoms with Crippen LogP contribution < -0.4 is 14.8 Å². The van der Waals surface area contributed by atoms with Gasteiger partial charge in [-0.15, -0.1) is 0 Å². The molecule has 1 aromatic carbocycles. The van der Waals surface area contributed by atoms with Crippen molar-refractivity contribution in [2.24, 2.45) is 0 Å². The van der Waals surface area contributed by atoms with Gasteiger partial charge in [-0.1, -0.05) is 6.07 Å². The summed E-state index contributed by atoms with van der Waals surface area (Å²) < 4.78 is 10.7. The second kappa shape index (κ2) is 8.03. The van der Waals surface area contributed by atoms with Crippen LogP contribution in [0.25, 0.3) is 0 Å². The number of hydrogen-bond acceptors (Lipinski definition) is 6. The highest BCUT2D eigenvalue weighted by atomic mass is 16.5. The molecule has 26 heavy (non-hydrogen) atoms. The number of aryl methyl sites for hydroxylation is 1. The van der Waals surface area contributed by atoms with E-state index in [0.29, 0.717) is 36.2 Å². The van der Waals surface area contributed by atoms with Gasteiger partial charge in [0.1, 0.15) is 12.1 Å². The SMILES string of the molecule is COc1cccc(C(=O)N2CCC(Nc3cc(C)ncn3)CC2)c1OC. The summed E-state index contributed by atoms with van der Waals surface area (Å²) in [6.45, 7) is 3.30. The molecule has 1 aliphatic heterocycles. The first-order chi connectivity index (χ1) is 12.6. The van der Waals surface area contributed by atoms with Gasteiger partial charge in [-0.3, -0.25) is 4.79 Å². The van der Waals surface area contributed by atoms with Gasteiger partial charge in [0, 0.05) is 30.9 Å². The van der Waals surface area contributed by atoms with Crippen molar-refractivity contribution in [3.05, 3.63) is 41.9 Å². The summed E-state index contributed by atoms with van der Waals surface area (Å²) >= 11 is 0. The average Bonchev–Trinajstić information content (AvgIpc) is 2.67. The summed E-state index contributed by atoms with van der Waals surface area (Å²) in [7, 11) is 3.12. The van der Waals surface area contributed by atoms with E-state index in [2.05, 4.69) is 15.3 Å². The van der Waals surface area contributed by atoms with Gasteiger partial charge in [0.05, 0.1) is 19.8 Å². The number of methoxy groups -OCH3 is 2. The molecule has 2 aromatic rings. The van der Waals surface area contributed by atoms with E-state index >= 15 is 0 Å². The first-order valence-corrected chi connectivity index (χ1v) is 8.68. The van der Waals surface area contributed by atoms with Crippen LogP contribution in [0, 0.1) is 6.92 Å². The number of piperidine rings is 1. The Kier molecular flexibility index (Phi) is 5.55. The van der Waals surface area contributed by atoms with Crippen molar-refractivity contribution in [2.45, 2.75) is 25.8 Å². The third-order valence-corrected chi connectivity index (χ3v) is 4.57. The molecule has 0 atom stereocenters. The number of amides is 1. The first-order valence-electron chi connectivity index (χ1n) is 8.68. The number of benzene rings is 1. The minimum Gasteiger partial charge on any atom is -0.493 e. The molecule has 2 heterocycles. The van der Waals surface area contributed by atoms with Gasteiger partial charge in [-0.05, 0) is 31.9 Å². The van der Waals surface area contributed by atoms with Crippen LogP contribution in [0.4, 0.5) is 5.82 Å². The van der Waals surface area contributed by atoms with Gasteiger partial charge in [0.2, 0.25) is 0 Å². The number of nitrogens with one attached hydrogen (secondary N) is 1. The summed E-state index contributed by atoms with van der Waals surface area (Å²) in [5.41, 5.74) is 1.46. The summed E-state index contributed by atoms with van der Waals surface area (Å²) in [4.78, 5) is 23.1. The lowest BCUT2D eigenvalue weighted by Crippen LogP contribution is -2.42. The van der Waals surface area contributed by atoms with Gasteiger partial charge >= 0.3 is 0 Å². The number of rotatable bonds is 5.